The standard InChI is InChI=1S/C18H14BrN3O6S/c19-13-1-9-18(10-2-13)29(25,26)21-20-11-16-7-8-17(28-16)12-27-15-5-3-14(4-6-15)22(23)24/h1-11,21H,12H2. The molecule has 0 amide bonds. The van der Waals surface area contributed by atoms with Crippen LogP contribution in [0, 0.1) is 10.1 Å². The molecular weight excluding hydrogens is 466 g/mol. The number of nitrogens with one attached hydrogen (secondary N) is 1. The Balaban J connectivity index is 1.55. The van der Waals surface area contributed by atoms with Gasteiger partial charge in [-0.15, -0.1) is 0 Å². The van der Waals surface area contributed by atoms with Gasteiger partial charge in [0, 0.05) is 16.6 Å². The molecule has 150 valence electrons. The van der Waals surface area contributed by atoms with Crippen molar-refractivity contribution in [2.75, 3.05) is 0 Å². The van der Waals surface area contributed by atoms with Crippen molar-refractivity contribution < 1.29 is 22.5 Å². The summed E-state index contributed by atoms with van der Waals surface area (Å²) in [6, 6.07) is 15.0. The molecule has 0 spiro atoms. The lowest BCUT2D eigenvalue weighted by atomic mass is 10.3. The Morgan fingerprint density at radius 2 is 1.79 bits per heavy atom. The molecule has 2 aromatic carbocycles. The Kier molecular flexibility index (Phi) is 6.29. The molecule has 3 rings (SSSR count). The van der Waals surface area contributed by atoms with Gasteiger partial charge in [-0.05, 0) is 48.5 Å². The van der Waals surface area contributed by atoms with Crippen LogP contribution in [-0.4, -0.2) is 19.6 Å². The molecule has 1 aromatic heterocycles. The number of rotatable bonds is 8. The zero-order valence-corrected chi connectivity index (χ0v) is 17.1. The molecule has 0 radical (unpaired) electrons. The van der Waals surface area contributed by atoms with Crippen LogP contribution in [0.4, 0.5) is 5.69 Å². The molecule has 1 heterocycles. The van der Waals surface area contributed by atoms with Crippen LogP contribution in [0.2, 0.25) is 0 Å². The Bertz CT molecular complexity index is 1130. The summed E-state index contributed by atoms with van der Waals surface area (Å²) in [5, 5.41) is 14.3. The third-order valence-electron chi connectivity index (χ3n) is 3.60. The Morgan fingerprint density at radius 1 is 1.10 bits per heavy atom. The minimum absolute atomic E-state index is 0.0283. The largest absolute Gasteiger partial charge is 0.486 e. The summed E-state index contributed by atoms with van der Waals surface area (Å²) in [7, 11) is -3.78. The first-order valence-corrected chi connectivity index (χ1v) is 10.4. The minimum Gasteiger partial charge on any atom is -0.486 e. The van der Waals surface area contributed by atoms with Crippen molar-refractivity contribution in [3.05, 3.63) is 86.8 Å². The average molecular weight is 480 g/mol. The number of nitrogens with zero attached hydrogens (tertiary/aromatic N) is 2. The number of hydrazone groups is 1. The number of nitro benzene ring substituents is 1. The van der Waals surface area contributed by atoms with E-state index in [1.807, 2.05) is 0 Å². The molecule has 0 saturated heterocycles. The average Bonchev–Trinajstić information content (AvgIpc) is 3.14. The van der Waals surface area contributed by atoms with Gasteiger partial charge >= 0.3 is 0 Å². The first-order valence-electron chi connectivity index (χ1n) is 8.10. The topological polar surface area (TPSA) is 124 Å². The van der Waals surface area contributed by atoms with Gasteiger partial charge in [0.1, 0.15) is 23.9 Å². The smallest absolute Gasteiger partial charge is 0.276 e. The summed E-state index contributed by atoms with van der Waals surface area (Å²) in [4.78, 5) is 12.3. The predicted molar refractivity (Wildman–Crippen MR) is 108 cm³/mol. The van der Waals surface area contributed by atoms with Crippen LogP contribution in [0.15, 0.2) is 79.6 Å². The molecule has 3 aromatic rings. The van der Waals surface area contributed by atoms with Gasteiger partial charge in [-0.2, -0.15) is 18.4 Å². The van der Waals surface area contributed by atoms with Crippen LogP contribution in [0.5, 0.6) is 5.75 Å². The van der Waals surface area contributed by atoms with Crippen molar-refractivity contribution in [2.24, 2.45) is 5.10 Å². The summed E-state index contributed by atoms with van der Waals surface area (Å²) in [6.07, 6.45) is 1.23. The van der Waals surface area contributed by atoms with E-state index in [4.69, 9.17) is 9.15 Å². The van der Waals surface area contributed by atoms with E-state index < -0.39 is 14.9 Å². The lowest BCUT2D eigenvalue weighted by molar-refractivity contribution is -0.384. The first-order chi connectivity index (χ1) is 13.8. The number of halogens is 1. The fourth-order valence-corrected chi connectivity index (χ4v) is 3.24. The molecule has 0 unspecified atom stereocenters. The number of non-ortho nitro benzene ring substituents is 1. The molecule has 0 aliphatic carbocycles. The second kappa shape index (κ2) is 8.88. The van der Waals surface area contributed by atoms with E-state index in [0.29, 0.717) is 17.3 Å². The van der Waals surface area contributed by atoms with Gasteiger partial charge in [0.15, 0.2) is 0 Å². The normalized spacial score (nSPS) is 11.5. The molecule has 0 atom stereocenters. The van der Waals surface area contributed by atoms with Crippen molar-refractivity contribution in [1.82, 2.24) is 4.83 Å². The summed E-state index contributed by atoms with van der Waals surface area (Å²) >= 11 is 3.24. The Labute approximate surface area is 174 Å². The second-order valence-electron chi connectivity index (χ2n) is 5.65. The van der Waals surface area contributed by atoms with Crippen LogP contribution in [0.25, 0.3) is 0 Å². The quantitative estimate of drug-likeness (QED) is 0.297. The molecule has 0 fully saturated rings. The Hall–Kier alpha value is -3.18. The number of benzene rings is 2. The highest BCUT2D eigenvalue weighted by Crippen LogP contribution is 2.19. The fraction of sp³-hybridized carbons (Fsp3) is 0.0556. The molecular formula is C18H14BrN3O6S. The molecule has 1 N–H and O–H groups in total. The van der Waals surface area contributed by atoms with Gasteiger partial charge in [-0.25, -0.2) is 0 Å². The van der Waals surface area contributed by atoms with Gasteiger partial charge in [0.2, 0.25) is 0 Å². The van der Waals surface area contributed by atoms with Crippen molar-refractivity contribution in [1.29, 1.82) is 0 Å². The maximum atomic E-state index is 12.1. The molecule has 9 nitrogen and oxygen atoms in total. The molecule has 0 bridgehead atoms. The lowest BCUT2D eigenvalue weighted by Gasteiger charge is -2.03. The summed E-state index contributed by atoms with van der Waals surface area (Å²) in [5.74, 6) is 1.25. The Morgan fingerprint density at radius 3 is 2.45 bits per heavy atom. The maximum absolute atomic E-state index is 12.1. The first kappa shape index (κ1) is 20.6. The molecule has 0 aliphatic heterocycles. The molecule has 11 heteroatoms. The summed E-state index contributed by atoms with van der Waals surface area (Å²) in [5.41, 5.74) is -0.0283. The van der Waals surface area contributed by atoms with Crippen LogP contribution in [-0.2, 0) is 16.6 Å². The number of hydrogen-bond acceptors (Lipinski definition) is 7. The van der Waals surface area contributed by atoms with E-state index in [1.165, 1.54) is 42.6 Å². The van der Waals surface area contributed by atoms with Gasteiger partial charge < -0.3 is 9.15 Å². The van der Waals surface area contributed by atoms with Crippen LogP contribution < -0.4 is 9.57 Å². The van der Waals surface area contributed by atoms with Crippen LogP contribution >= 0.6 is 15.9 Å². The highest BCUT2D eigenvalue weighted by molar-refractivity contribution is 9.10. The van der Waals surface area contributed by atoms with E-state index in [2.05, 4.69) is 25.9 Å². The summed E-state index contributed by atoms with van der Waals surface area (Å²) in [6.45, 7) is 0.0935. The third kappa shape index (κ3) is 5.65. The highest BCUT2D eigenvalue weighted by Gasteiger charge is 2.12. The van der Waals surface area contributed by atoms with E-state index in [0.717, 1.165) is 4.47 Å². The molecule has 29 heavy (non-hydrogen) atoms. The second-order valence-corrected chi connectivity index (χ2v) is 8.23. The van der Waals surface area contributed by atoms with E-state index in [-0.39, 0.29) is 17.2 Å². The SMILES string of the molecule is O=[N+]([O-])c1ccc(OCc2ccc(C=NNS(=O)(=O)c3ccc(Br)cc3)o2)cc1. The highest BCUT2D eigenvalue weighted by atomic mass is 79.9. The maximum Gasteiger partial charge on any atom is 0.276 e. The zero-order chi connectivity index (χ0) is 20.9. The summed E-state index contributed by atoms with van der Waals surface area (Å²) < 4.78 is 36.0. The lowest BCUT2D eigenvalue weighted by Crippen LogP contribution is -2.18. The van der Waals surface area contributed by atoms with Crippen molar-refractivity contribution in [2.45, 2.75) is 11.5 Å². The van der Waals surface area contributed by atoms with Crippen LogP contribution in [0.3, 0.4) is 0 Å². The van der Waals surface area contributed by atoms with Gasteiger partial charge in [-0.1, -0.05) is 15.9 Å². The van der Waals surface area contributed by atoms with Crippen molar-refractivity contribution >= 4 is 37.9 Å². The van der Waals surface area contributed by atoms with Crippen LogP contribution in [0.1, 0.15) is 11.5 Å². The minimum atomic E-state index is -3.78. The number of nitro groups is 1. The van der Waals surface area contributed by atoms with Gasteiger partial charge in [0.05, 0.1) is 16.0 Å². The number of sulfonamides is 1. The number of hydrogen-bond donors (Lipinski definition) is 1. The molecule has 0 saturated carbocycles. The predicted octanol–water partition coefficient (Wildman–Crippen LogP) is 3.84. The molecule has 0 aliphatic rings. The number of furan rings is 1. The van der Waals surface area contributed by atoms with Gasteiger partial charge in [0.25, 0.3) is 15.7 Å². The van der Waals surface area contributed by atoms with E-state index in [1.54, 1.807) is 24.3 Å². The third-order valence-corrected chi connectivity index (χ3v) is 5.37. The van der Waals surface area contributed by atoms with Gasteiger partial charge in [-0.3, -0.25) is 10.1 Å². The van der Waals surface area contributed by atoms with E-state index in [9.17, 15) is 18.5 Å². The zero-order valence-electron chi connectivity index (χ0n) is 14.7. The number of ether oxygens (including phenoxy) is 1. The fourth-order valence-electron chi connectivity index (χ4n) is 2.19. The van der Waals surface area contributed by atoms with E-state index >= 15 is 0 Å². The van der Waals surface area contributed by atoms with Crippen molar-refractivity contribution in [3.63, 3.8) is 0 Å². The monoisotopic (exact) mass is 479 g/mol. The van der Waals surface area contributed by atoms with Crippen molar-refractivity contribution in [3.8, 4) is 5.75 Å².